The summed E-state index contributed by atoms with van der Waals surface area (Å²) in [7, 11) is 0. The molecule has 0 saturated carbocycles. The molecule has 3 N–H and O–H groups in total. The molecule has 0 atom stereocenters. The van der Waals surface area contributed by atoms with Crippen molar-refractivity contribution in [2.75, 3.05) is 5.73 Å². The molecule has 20 heavy (non-hydrogen) atoms. The molecule has 0 fully saturated rings. The second-order valence-corrected chi connectivity index (χ2v) is 4.52. The average molecular weight is 267 g/mol. The van der Waals surface area contributed by atoms with Gasteiger partial charge < -0.3 is 10.7 Å². The maximum atomic E-state index is 12.5. The molecule has 0 amide bonds. The van der Waals surface area contributed by atoms with Crippen LogP contribution >= 0.6 is 0 Å². The number of anilines is 1. The van der Waals surface area contributed by atoms with Crippen LogP contribution in [-0.2, 0) is 0 Å². The molecule has 0 saturated heterocycles. The summed E-state index contributed by atoms with van der Waals surface area (Å²) in [5, 5.41) is 1.05. The van der Waals surface area contributed by atoms with E-state index in [9.17, 15) is 9.59 Å². The van der Waals surface area contributed by atoms with E-state index in [0.717, 1.165) is 4.57 Å². The van der Waals surface area contributed by atoms with E-state index in [1.54, 1.807) is 36.4 Å². The monoisotopic (exact) mass is 267 g/mol. The van der Waals surface area contributed by atoms with Crippen LogP contribution < -0.4 is 27.6 Å². The van der Waals surface area contributed by atoms with Crippen molar-refractivity contribution in [1.29, 1.82) is 0 Å². The zero-order chi connectivity index (χ0) is 14.1. The lowest BCUT2D eigenvalue weighted by Crippen LogP contribution is -2.52. The summed E-state index contributed by atoms with van der Waals surface area (Å²) in [6.07, 6.45) is 7.94. The van der Waals surface area contributed by atoms with Crippen LogP contribution in [0.2, 0.25) is 0 Å². The number of allylic oxidation sites excluding steroid dienone is 2. The Morgan fingerprint density at radius 1 is 1.15 bits per heavy atom. The Kier molecular flexibility index (Phi) is 2.87. The number of hydrogen-bond donors (Lipinski definition) is 2. The minimum absolute atomic E-state index is 0.325. The first-order valence-electron chi connectivity index (χ1n) is 6.25. The molecule has 0 radical (unpaired) electrons. The Morgan fingerprint density at radius 2 is 1.90 bits per heavy atom. The third kappa shape index (κ3) is 1.99. The molecule has 0 aliphatic heterocycles. The number of hydrogen-bond acceptors (Lipinski definition) is 3. The first-order valence-corrected chi connectivity index (χ1v) is 6.25. The van der Waals surface area contributed by atoms with Gasteiger partial charge >= 0.3 is 5.69 Å². The van der Waals surface area contributed by atoms with Crippen LogP contribution in [0.4, 0.5) is 5.69 Å². The molecular formula is C15H13N3O2. The molecule has 5 nitrogen and oxygen atoms in total. The molecule has 1 aromatic carbocycles. The molecule has 0 bridgehead atoms. The van der Waals surface area contributed by atoms with Gasteiger partial charge in [0.25, 0.3) is 5.56 Å². The lowest BCUT2D eigenvalue weighted by atomic mass is 10.2. The molecule has 5 heteroatoms. The molecule has 2 aromatic rings. The van der Waals surface area contributed by atoms with Crippen molar-refractivity contribution in [1.82, 2.24) is 9.55 Å². The number of aromatic amines is 1. The SMILES string of the molecule is Nc1ccc(-n2c(=O)[nH]c3c(c2=O)=CCC=CC=3)cc1. The van der Waals surface area contributed by atoms with Crippen molar-refractivity contribution in [3.8, 4) is 5.69 Å². The summed E-state index contributed by atoms with van der Waals surface area (Å²) in [6.45, 7) is 0. The van der Waals surface area contributed by atoms with E-state index in [4.69, 9.17) is 5.73 Å². The number of benzene rings is 1. The summed E-state index contributed by atoms with van der Waals surface area (Å²) in [4.78, 5) is 27.4. The number of aromatic nitrogens is 2. The zero-order valence-corrected chi connectivity index (χ0v) is 10.7. The highest BCUT2D eigenvalue weighted by molar-refractivity contribution is 5.46. The van der Waals surface area contributed by atoms with Gasteiger partial charge in [-0.3, -0.25) is 4.79 Å². The molecule has 1 aliphatic carbocycles. The number of nitrogens with one attached hydrogen (secondary N) is 1. The lowest BCUT2D eigenvalue weighted by Gasteiger charge is -2.05. The van der Waals surface area contributed by atoms with Gasteiger partial charge in [-0.25, -0.2) is 9.36 Å². The van der Waals surface area contributed by atoms with Crippen LogP contribution in [0.1, 0.15) is 6.42 Å². The topological polar surface area (TPSA) is 80.9 Å². The Balaban J connectivity index is 2.38. The van der Waals surface area contributed by atoms with E-state index >= 15 is 0 Å². The lowest BCUT2D eigenvalue weighted by molar-refractivity contribution is 0.847. The number of nitrogen functional groups attached to an aromatic ring is 1. The van der Waals surface area contributed by atoms with E-state index in [0.29, 0.717) is 28.4 Å². The number of nitrogens with zero attached hydrogens (tertiary/aromatic N) is 1. The highest BCUT2D eigenvalue weighted by Crippen LogP contribution is 2.06. The third-order valence-electron chi connectivity index (χ3n) is 3.18. The van der Waals surface area contributed by atoms with Crippen LogP contribution in [-0.4, -0.2) is 9.55 Å². The fourth-order valence-corrected chi connectivity index (χ4v) is 2.18. The molecule has 3 rings (SSSR count). The smallest absolute Gasteiger partial charge is 0.333 e. The molecular weight excluding hydrogens is 254 g/mol. The highest BCUT2D eigenvalue weighted by Gasteiger charge is 2.07. The summed E-state index contributed by atoms with van der Waals surface area (Å²) in [6, 6.07) is 6.61. The highest BCUT2D eigenvalue weighted by atomic mass is 16.2. The van der Waals surface area contributed by atoms with Crippen LogP contribution in [0.5, 0.6) is 0 Å². The van der Waals surface area contributed by atoms with Gasteiger partial charge in [-0.15, -0.1) is 0 Å². The Labute approximate surface area is 114 Å². The maximum absolute atomic E-state index is 12.5. The average Bonchev–Trinajstić information content (AvgIpc) is 2.66. The Morgan fingerprint density at radius 3 is 2.65 bits per heavy atom. The number of H-pyrrole nitrogens is 1. The van der Waals surface area contributed by atoms with Gasteiger partial charge in [0.05, 0.1) is 16.3 Å². The molecule has 1 heterocycles. The fourth-order valence-electron chi connectivity index (χ4n) is 2.18. The molecule has 0 unspecified atom stereocenters. The van der Waals surface area contributed by atoms with Crippen molar-refractivity contribution in [3.05, 3.63) is 67.8 Å². The van der Waals surface area contributed by atoms with Crippen molar-refractivity contribution in [2.45, 2.75) is 6.42 Å². The summed E-state index contributed by atoms with van der Waals surface area (Å²) < 4.78 is 1.12. The molecule has 1 aliphatic rings. The Hall–Kier alpha value is -2.82. The van der Waals surface area contributed by atoms with E-state index < -0.39 is 5.69 Å². The van der Waals surface area contributed by atoms with Crippen LogP contribution in [0, 0.1) is 0 Å². The minimum atomic E-state index is -0.460. The van der Waals surface area contributed by atoms with Gasteiger partial charge in [-0.2, -0.15) is 0 Å². The second kappa shape index (κ2) is 4.70. The van der Waals surface area contributed by atoms with E-state index in [2.05, 4.69) is 4.98 Å². The third-order valence-corrected chi connectivity index (χ3v) is 3.18. The van der Waals surface area contributed by atoms with Gasteiger partial charge in [0, 0.05) is 5.69 Å². The van der Waals surface area contributed by atoms with E-state index in [1.807, 2.05) is 12.2 Å². The van der Waals surface area contributed by atoms with Gasteiger partial charge in [0.15, 0.2) is 0 Å². The first-order chi connectivity index (χ1) is 9.66. The van der Waals surface area contributed by atoms with E-state index in [1.165, 1.54) is 0 Å². The van der Waals surface area contributed by atoms with Gasteiger partial charge in [-0.05, 0) is 36.8 Å². The van der Waals surface area contributed by atoms with Crippen molar-refractivity contribution in [2.24, 2.45) is 0 Å². The predicted octanol–water partition coefficient (Wildman–Crippen LogP) is -0.371. The molecule has 0 spiro atoms. The van der Waals surface area contributed by atoms with Crippen LogP contribution in [0.15, 0.2) is 46.0 Å². The summed E-state index contributed by atoms with van der Waals surface area (Å²) in [5.74, 6) is 0. The van der Waals surface area contributed by atoms with E-state index in [-0.39, 0.29) is 5.56 Å². The second-order valence-electron chi connectivity index (χ2n) is 4.52. The quantitative estimate of drug-likeness (QED) is 0.692. The zero-order valence-electron chi connectivity index (χ0n) is 10.7. The Bertz CT molecular complexity index is 916. The normalized spacial score (nSPS) is 13.0. The number of fused-ring (bicyclic) bond motifs is 1. The van der Waals surface area contributed by atoms with Crippen LogP contribution in [0.25, 0.3) is 17.8 Å². The van der Waals surface area contributed by atoms with Crippen LogP contribution in [0.3, 0.4) is 0 Å². The number of nitrogens with two attached hydrogens (primary N) is 1. The minimum Gasteiger partial charge on any atom is -0.399 e. The van der Waals surface area contributed by atoms with Crippen molar-refractivity contribution < 1.29 is 0 Å². The molecule has 100 valence electrons. The largest absolute Gasteiger partial charge is 0.399 e. The fraction of sp³-hybridized carbons (Fsp3) is 0.0667. The maximum Gasteiger partial charge on any atom is 0.333 e. The van der Waals surface area contributed by atoms with Gasteiger partial charge in [-0.1, -0.05) is 18.2 Å². The summed E-state index contributed by atoms with van der Waals surface area (Å²) in [5.41, 5.74) is 5.91. The molecule has 1 aromatic heterocycles. The summed E-state index contributed by atoms with van der Waals surface area (Å²) >= 11 is 0. The predicted molar refractivity (Wildman–Crippen MR) is 79.0 cm³/mol. The first kappa shape index (κ1) is 12.2. The van der Waals surface area contributed by atoms with Crippen molar-refractivity contribution in [3.63, 3.8) is 0 Å². The van der Waals surface area contributed by atoms with Crippen molar-refractivity contribution >= 4 is 17.8 Å². The van der Waals surface area contributed by atoms with Gasteiger partial charge in [0.1, 0.15) is 0 Å². The standard InChI is InChI=1S/C15H13N3O2/c16-10-6-8-11(9-7-10)18-14(19)12-4-2-1-3-5-13(12)17-15(18)20/h1,3-9H,2,16H2,(H,17,20). The van der Waals surface area contributed by atoms with Gasteiger partial charge in [0.2, 0.25) is 0 Å². The number of rotatable bonds is 1.